The van der Waals surface area contributed by atoms with Crippen LogP contribution in [0.5, 0.6) is 5.75 Å². The van der Waals surface area contributed by atoms with Gasteiger partial charge in [0.15, 0.2) is 12.4 Å². The molecule has 0 fully saturated rings. The number of fused-ring (bicyclic) bond motifs is 1. The van der Waals surface area contributed by atoms with Crippen molar-refractivity contribution in [3.8, 4) is 5.75 Å². The van der Waals surface area contributed by atoms with Crippen LogP contribution in [-0.4, -0.2) is 41.1 Å². The number of hydrogen-bond acceptors (Lipinski definition) is 9. The fourth-order valence-corrected chi connectivity index (χ4v) is 4.52. The fourth-order valence-electron chi connectivity index (χ4n) is 4.22. The van der Waals surface area contributed by atoms with Crippen LogP contribution in [0.15, 0.2) is 84.9 Å². The van der Waals surface area contributed by atoms with Crippen molar-refractivity contribution >= 4 is 64.1 Å². The van der Waals surface area contributed by atoms with Crippen LogP contribution >= 0.6 is 23.2 Å². The zero-order chi connectivity index (χ0) is 30.8. The number of amides is 2. The van der Waals surface area contributed by atoms with Gasteiger partial charge in [0.25, 0.3) is 17.5 Å². The number of ether oxygens (including phenoxy) is 2. The highest BCUT2D eigenvalue weighted by Gasteiger charge is 2.42. The van der Waals surface area contributed by atoms with E-state index >= 15 is 0 Å². The second-order valence-electron chi connectivity index (χ2n) is 8.99. The quantitative estimate of drug-likeness (QED) is 0.0581. The van der Waals surface area contributed by atoms with E-state index in [-0.39, 0.29) is 49.3 Å². The van der Waals surface area contributed by atoms with E-state index in [1.54, 1.807) is 0 Å². The number of esters is 2. The van der Waals surface area contributed by atoms with Gasteiger partial charge in [0.2, 0.25) is 0 Å². The van der Waals surface area contributed by atoms with E-state index < -0.39 is 46.8 Å². The van der Waals surface area contributed by atoms with Gasteiger partial charge >= 0.3 is 11.9 Å². The van der Waals surface area contributed by atoms with Gasteiger partial charge in [-0.1, -0.05) is 35.3 Å². The van der Waals surface area contributed by atoms with Gasteiger partial charge in [-0.15, -0.1) is 0 Å². The molecule has 1 aliphatic heterocycles. The number of hydrogen-bond donors (Lipinski definition) is 0. The second kappa shape index (κ2) is 11.8. The third-order valence-electron chi connectivity index (χ3n) is 6.31. The van der Waals surface area contributed by atoms with Gasteiger partial charge in [0, 0.05) is 11.6 Å². The standard InChI is InChI=1S/C30H16Cl2N2O9/c31-22-12-9-18(14-23(22)32)30(39)43-20-10-7-16(8-11-20)25(35)15-42-29(38)17-3-1-4-19(13-17)33-27(36)21-5-2-6-24(34(40)41)26(21)28(33)37/h1-14H,15H2. The molecule has 2 amide bonds. The van der Waals surface area contributed by atoms with E-state index in [4.69, 9.17) is 32.7 Å². The highest BCUT2D eigenvalue weighted by atomic mass is 35.5. The molecule has 0 unspecified atom stereocenters. The number of carbonyl (C=O) groups excluding carboxylic acids is 5. The van der Waals surface area contributed by atoms with Crippen LogP contribution in [-0.2, 0) is 4.74 Å². The lowest BCUT2D eigenvalue weighted by Gasteiger charge is -2.14. The molecular weight excluding hydrogens is 603 g/mol. The molecule has 0 spiro atoms. The summed E-state index contributed by atoms with van der Waals surface area (Å²) >= 11 is 11.8. The lowest BCUT2D eigenvalue weighted by atomic mass is 10.1. The predicted molar refractivity (Wildman–Crippen MR) is 153 cm³/mol. The topological polar surface area (TPSA) is 150 Å². The van der Waals surface area contributed by atoms with E-state index in [1.807, 2.05) is 0 Å². The first kappa shape index (κ1) is 29.1. The lowest BCUT2D eigenvalue weighted by molar-refractivity contribution is -0.385. The molecule has 1 heterocycles. The van der Waals surface area contributed by atoms with Gasteiger partial charge < -0.3 is 9.47 Å². The summed E-state index contributed by atoms with van der Waals surface area (Å²) in [6.07, 6.45) is 0. The van der Waals surface area contributed by atoms with Crippen LogP contribution in [0.3, 0.4) is 0 Å². The minimum absolute atomic E-state index is 0.00715. The van der Waals surface area contributed by atoms with E-state index in [0.717, 1.165) is 11.0 Å². The monoisotopic (exact) mass is 618 g/mol. The van der Waals surface area contributed by atoms with Crippen LogP contribution in [0.25, 0.3) is 0 Å². The maximum absolute atomic E-state index is 13.0. The van der Waals surface area contributed by atoms with Gasteiger partial charge in [-0.05, 0) is 66.7 Å². The van der Waals surface area contributed by atoms with Crippen LogP contribution < -0.4 is 9.64 Å². The molecule has 0 N–H and O–H groups in total. The van der Waals surface area contributed by atoms with Crippen molar-refractivity contribution < 1.29 is 38.4 Å². The zero-order valence-electron chi connectivity index (χ0n) is 21.6. The molecule has 0 bridgehead atoms. The first-order valence-electron chi connectivity index (χ1n) is 12.3. The van der Waals surface area contributed by atoms with Gasteiger partial charge in [-0.2, -0.15) is 0 Å². The van der Waals surface area contributed by atoms with E-state index in [9.17, 15) is 34.1 Å². The molecule has 13 heteroatoms. The highest BCUT2D eigenvalue weighted by Crippen LogP contribution is 2.34. The van der Waals surface area contributed by atoms with Crippen molar-refractivity contribution in [2.75, 3.05) is 11.5 Å². The SMILES string of the molecule is O=C(COC(=O)c1cccc(N2C(=O)c3cccc([N+](=O)[O-])c3C2=O)c1)c1ccc(OC(=O)c2ccc(Cl)c(Cl)c2)cc1. The zero-order valence-corrected chi connectivity index (χ0v) is 23.1. The summed E-state index contributed by atoms with van der Waals surface area (Å²) in [5.41, 5.74) is -0.712. The van der Waals surface area contributed by atoms with E-state index in [0.29, 0.717) is 0 Å². The number of halogens is 2. The van der Waals surface area contributed by atoms with Crippen molar-refractivity contribution in [3.63, 3.8) is 0 Å². The first-order chi connectivity index (χ1) is 20.5. The van der Waals surface area contributed by atoms with Crippen LogP contribution in [0.4, 0.5) is 11.4 Å². The number of anilines is 1. The number of nitrogens with zero attached hydrogens (tertiary/aromatic N) is 2. The smallest absolute Gasteiger partial charge is 0.343 e. The molecule has 0 aliphatic carbocycles. The van der Waals surface area contributed by atoms with Crippen molar-refractivity contribution in [1.29, 1.82) is 0 Å². The Morgan fingerprint density at radius 3 is 2.14 bits per heavy atom. The maximum Gasteiger partial charge on any atom is 0.343 e. The second-order valence-corrected chi connectivity index (χ2v) is 9.81. The fraction of sp³-hybridized carbons (Fsp3) is 0.0333. The summed E-state index contributed by atoms with van der Waals surface area (Å²) in [6.45, 7) is -0.634. The summed E-state index contributed by atoms with van der Waals surface area (Å²) in [4.78, 5) is 74.9. The maximum atomic E-state index is 13.0. The minimum atomic E-state index is -0.912. The summed E-state index contributed by atoms with van der Waals surface area (Å²) in [7, 11) is 0. The van der Waals surface area contributed by atoms with Crippen LogP contribution in [0.1, 0.15) is 51.8 Å². The molecule has 214 valence electrons. The molecule has 0 saturated carbocycles. The van der Waals surface area contributed by atoms with Crippen molar-refractivity contribution in [1.82, 2.24) is 0 Å². The Morgan fingerprint density at radius 1 is 0.767 bits per heavy atom. The Hall–Kier alpha value is -5.39. The molecule has 0 aromatic heterocycles. The van der Waals surface area contributed by atoms with Gasteiger partial charge in [-0.25, -0.2) is 14.5 Å². The van der Waals surface area contributed by atoms with Crippen LogP contribution in [0.2, 0.25) is 10.0 Å². The largest absolute Gasteiger partial charge is 0.454 e. The molecule has 1 aliphatic rings. The highest BCUT2D eigenvalue weighted by molar-refractivity contribution is 6.42. The molecule has 0 atom stereocenters. The van der Waals surface area contributed by atoms with E-state index in [1.165, 1.54) is 78.9 Å². The molecule has 4 aromatic carbocycles. The van der Waals surface area contributed by atoms with Crippen molar-refractivity contribution in [2.45, 2.75) is 0 Å². The number of nitro groups is 1. The van der Waals surface area contributed by atoms with Gasteiger partial charge in [0.1, 0.15) is 11.3 Å². The molecule has 43 heavy (non-hydrogen) atoms. The molecule has 11 nitrogen and oxygen atoms in total. The van der Waals surface area contributed by atoms with Crippen molar-refractivity contribution in [2.24, 2.45) is 0 Å². The number of imide groups is 1. The summed E-state index contributed by atoms with van der Waals surface area (Å²) < 4.78 is 10.4. The summed E-state index contributed by atoms with van der Waals surface area (Å²) in [5, 5.41) is 11.8. The molecule has 0 radical (unpaired) electrons. The average molecular weight is 619 g/mol. The number of ketones is 1. The number of rotatable bonds is 8. The van der Waals surface area contributed by atoms with Gasteiger partial charge in [-0.3, -0.25) is 24.5 Å². The molecule has 0 saturated heterocycles. The first-order valence-corrected chi connectivity index (χ1v) is 13.0. The third kappa shape index (κ3) is 5.85. The summed E-state index contributed by atoms with van der Waals surface area (Å²) in [6, 6.07) is 18.9. The number of carbonyl (C=O) groups is 5. The number of Topliss-reactive ketones (excluding diaryl/α,β-unsaturated/α-hetero) is 1. The minimum Gasteiger partial charge on any atom is -0.454 e. The lowest BCUT2D eigenvalue weighted by Crippen LogP contribution is -2.29. The summed E-state index contributed by atoms with van der Waals surface area (Å²) in [5.74, 6) is -3.69. The van der Waals surface area contributed by atoms with Gasteiger partial charge in [0.05, 0.1) is 37.3 Å². The number of nitro benzene ring substituents is 1. The predicted octanol–water partition coefficient (Wildman–Crippen LogP) is 5.96. The Bertz CT molecular complexity index is 1860. The molecule has 4 aromatic rings. The Balaban J connectivity index is 1.22. The Kier molecular flexibility index (Phi) is 8.02. The van der Waals surface area contributed by atoms with Crippen molar-refractivity contribution in [3.05, 3.63) is 133 Å². The Morgan fingerprint density at radius 2 is 1.44 bits per heavy atom. The Labute approximate surface area is 252 Å². The third-order valence-corrected chi connectivity index (χ3v) is 7.05. The normalized spacial score (nSPS) is 12.1. The average Bonchev–Trinajstić information content (AvgIpc) is 3.26. The number of benzene rings is 4. The molecular formula is C30H16Cl2N2O9. The molecule has 5 rings (SSSR count). The van der Waals surface area contributed by atoms with E-state index in [2.05, 4.69) is 0 Å². The van der Waals surface area contributed by atoms with Crippen LogP contribution in [0, 0.1) is 10.1 Å².